The van der Waals surface area contributed by atoms with Crippen LogP contribution in [-0.2, 0) is 0 Å². The summed E-state index contributed by atoms with van der Waals surface area (Å²) in [5.74, 6) is -2.52. The van der Waals surface area contributed by atoms with Gasteiger partial charge in [-0.05, 0) is 30.3 Å². The number of carbonyl (C=O) groups excluding carboxylic acids is 1. The van der Waals surface area contributed by atoms with E-state index in [2.05, 4.69) is 10.3 Å². The Morgan fingerprint density at radius 3 is 2.60 bits per heavy atom. The number of aromatic nitrogens is 1. The van der Waals surface area contributed by atoms with Crippen LogP contribution in [0.3, 0.4) is 0 Å². The van der Waals surface area contributed by atoms with Crippen LogP contribution in [0.2, 0.25) is 5.02 Å². The summed E-state index contributed by atoms with van der Waals surface area (Å²) in [5, 5.41) is 11.7. The van der Waals surface area contributed by atoms with E-state index in [0.717, 1.165) is 12.3 Å². The number of nitrogens with zero attached hydrogens (tertiary/aromatic N) is 1. The molecule has 1 heterocycles. The lowest BCUT2D eigenvalue weighted by atomic mass is 10.1. The summed E-state index contributed by atoms with van der Waals surface area (Å²) in [6.45, 7) is 0. The second-order valence-electron chi connectivity index (χ2n) is 3.82. The van der Waals surface area contributed by atoms with Crippen LogP contribution in [0.25, 0.3) is 0 Å². The largest absolute Gasteiger partial charge is 0.478 e. The average Bonchev–Trinajstić information content (AvgIpc) is 2.39. The van der Waals surface area contributed by atoms with E-state index in [-0.39, 0.29) is 21.8 Å². The van der Waals surface area contributed by atoms with Crippen molar-refractivity contribution in [1.82, 2.24) is 4.98 Å². The molecule has 1 amide bonds. The number of anilines is 1. The lowest BCUT2D eigenvalue weighted by Gasteiger charge is -2.08. The van der Waals surface area contributed by atoms with Gasteiger partial charge in [-0.2, -0.15) is 4.39 Å². The number of carbonyl (C=O) groups is 2. The molecule has 0 fully saturated rings. The molecule has 0 spiro atoms. The van der Waals surface area contributed by atoms with Crippen molar-refractivity contribution < 1.29 is 19.1 Å². The zero-order chi connectivity index (χ0) is 14.7. The maximum Gasteiger partial charge on any atom is 0.337 e. The molecule has 102 valence electrons. The Labute approximate surface area is 118 Å². The van der Waals surface area contributed by atoms with Crippen LogP contribution in [0, 0.1) is 5.95 Å². The Bertz CT molecular complexity index is 674. The predicted octanol–water partition coefficient (Wildman–Crippen LogP) is 2.82. The van der Waals surface area contributed by atoms with Gasteiger partial charge in [-0.25, -0.2) is 9.78 Å². The second-order valence-corrected chi connectivity index (χ2v) is 4.26. The molecule has 2 N–H and O–H groups in total. The number of carboxylic acids is 1. The highest BCUT2D eigenvalue weighted by atomic mass is 35.5. The number of hydrogen-bond donors (Lipinski definition) is 2. The van der Waals surface area contributed by atoms with Gasteiger partial charge in [0, 0.05) is 11.2 Å². The first-order chi connectivity index (χ1) is 9.47. The first-order valence-electron chi connectivity index (χ1n) is 5.43. The molecule has 0 saturated heterocycles. The lowest BCUT2D eigenvalue weighted by Crippen LogP contribution is -2.15. The molecule has 1 aromatic heterocycles. The fraction of sp³-hybridized carbons (Fsp3) is 0. The van der Waals surface area contributed by atoms with Crippen LogP contribution in [0.15, 0.2) is 36.5 Å². The van der Waals surface area contributed by atoms with Gasteiger partial charge in [0.25, 0.3) is 5.91 Å². The molecule has 1 aromatic carbocycles. The zero-order valence-electron chi connectivity index (χ0n) is 9.93. The molecular formula is C13H8ClFN2O3. The summed E-state index contributed by atoms with van der Waals surface area (Å²) in [4.78, 5) is 26.3. The standard InChI is InChI=1S/C13H8ClFN2O3/c14-8-2-3-9(13(19)20)10(5-8)17-12(18)7-1-4-11(15)16-6-7/h1-6H,(H,17,18)(H,19,20). The monoisotopic (exact) mass is 294 g/mol. The lowest BCUT2D eigenvalue weighted by molar-refractivity contribution is 0.0698. The van der Waals surface area contributed by atoms with Crippen LogP contribution in [0.1, 0.15) is 20.7 Å². The SMILES string of the molecule is O=C(Nc1cc(Cl)ccc1C(=O)O)c1ccc(F)nc1. The molecule has 0 saturated carbocycles. The summed E-state index contributed by atoms with van der Waals surface area (Å²) in [5.41, 5.74) is 0.0554. The van der Waals surface area contributed by atoms with Gasteiger partial charge in [-0.3, -0.25) is 4.79 Å². The number of pyridine rings is 1. The van der Waals surface area contributed by atoms with Crippen molar-refractivity contribution in [3.05, 3.63) is 58.6 Å². The van der Waals surface area contributed by atoms with Crippen molar-refractivity contribution in [3.8, 4) is 0 Å². The molecule has 20 heavy (non-hydrogen) atoms. The third-order valence-corrected chi connectivity index (χ3v) is 2.68. The average molecular weight is 295 g/mol. The van der Waals surface area contributed by atoms with E-state index < -0.39 is 17.8 Å². The number of nitrogens with one attached hydrogen (secondary N) is 1. The molecule has 0 unspecified atom stereocenters. The van der Waals surface area contributed by atoms with Crippen molar-refractivity contribution in [2.75, 3.05) is 5.32 Å². The number of rotatable bonds is 3. The number of hydrogen-bond acceptors (Lipinski definition) is 3. The van der Waals surface area contributed by atoms with E-state index >= 15 is 0 Å². The quantitative estimate of drug-likeness (QED) is 0.853. The molecule has 7 heteroatoms. The Balaban J connectivity index is 2.29. The van der Waals surface area contributed by atoms with Gasteiger partial charge in [0.1, 0.15) is 0 Å². The van der Waals surface area contributed by atoms with Crippen molar-refractivity contribution in [2.24, 2.45) is 0 Å². The number of aromatic carboxylic acids is 1. The van der Waals surface area contributed by atoms with E-state index in [9.17, 15) is 14.0 Å². The van der Waals surface area contributed by atoms with Crippen LogP contribution >= 0.6 is 11.6 Å². The van der Waals surface area contributed by atoms with Crippen LogP contribution in [0.5, 0.6) is 0 Å². The zero-order valence-corrected chi connectivity index (χ0v) is 10.7. The minimum atomic E-state index is -1.20. The minimum absolute atomic E-state index is 0.0549. The summed E-state index contributed by atoms with van der Waals surface area (Å²) in [6, 6.07) is 6.27. The fourth-order valence-corrected chi connectivity index (χ4v) is 1.68. The highest BCUT2D eigenvalue weighted by Gasteiger charge is 2.14. The summed E-state index contributed by atoms with van der Waals surface area (Å²) < 4.78 is 12.7. The summed E-state index contributed by atoms with van der Waals surface area (Å²) in [7, 11) is 0. The molecular weight excluding hydrogens is 287 g/mol. The normalized spacial score (nSPS) is 10.1. The van der Waals surface area contributed by atoms with Crippen molar-refractivity contribution >= 4 is 29.2 Å². The van der Waals surface area contributed by atoms with Gasteiger partial charge >= 0.3 is 5.97 Å². The molecule has 2 aromatic rings. The number of halogens is 2. The predicted molar refractivity (Wildman–Crippen MR) is 70.6 cm³/mol. The molecule has 0 aliphatic carbocycles. The summed E-state index contributed by atoms with van der Waals surface area (Å²) >= 11 is 5.77. The maximum absolute atomic E-state index is 12.7. The highest BCUT2D eigenvalue weighted by molar-refractivity contribution is 6.31. The van der Waals surface area contributed by atoms with Crippen molar-refractivity contribution in [1.29, 1.82) is 0 Å². The van der Waals surface area contributed by atoms with Gasteiger partial charge in [0.05, 0.1) is 16.8 Å². The topological polar surface area (TPSA) is 79.3 Å². The van der Waals surface area contributed by atoms with Crippen molar-refractivity contribution in [2.45, 2.75) is 0 Å². The van der Waals surface area contributed by atoms with Gasteiger partial charge in [0.15, 0.2) is 0 Å². The first-order valence-corrected chi connectivity index (χ1v) is 5.81. The Morgan fingerprint density at radius 2 is 2.00 bits per heavy atom. The van der Waals surface area contributed by atoms with Gasteiger partial charge < -0.3 is 10.4 Å². The molecule has 5 nitrogen and oxygen atoms in total. The highest BCUT2D eigenvalue weighted by Crippen LogP contribution is 2.21. The Morgan fingerprint density at radius 1 is 1.25 bits per heavy atom. The van der Waals surface area contributed by atoms with E-state index in [1.54, 1.807) is 0 Å². The molecule has 2 rings (SSSR count). The fourth-order valence-electron chi connectivity index (χ4n) is 1.51. The number of amides is 1. The van der Waals surface area contributed by atoms with Crippen LogP contribution in [0.4, 0.5) is 10.1 Å². The van der Waals surface area contributed by atoms with E-state index in [1.807, 2.05) is 0 Å². The van der Waals surface area contributed by atoms with Gasteiger partial charge in [-0.1, -0.05) is 11.6 Å². The molecule has 0 aliphatic heterocycles. The first kappa shape index (κ1) is 14.0. The number of benzene rings is 1. The smallest absolute Gasteiger partial charge is 0.337 e. The minimum Gasteiger partial charge on any atom is -0.478 e. The van der Waals surface area contributed by atoms with E-state index in [0.29, 0.717) is 0 Å². The molecule has 0 aliphatic rings. The third kappa shape index (κ3) is 3.10. The summed E-state index contributed by atoms with van der Waals surface area (Å²) in [6.07, 6.45) is 1.05. The third-order valence-electron chi connectivity index (χ3n) is 2.45. The molecule has 0 bridgehead atoms. The van der Waals surface area contributed by atoms with Crippen molar-refractivity contribution in [3.63, 3.8) is 0 Å². The van der Waals surface area contributed by atoms with E-state index in [1.165, 1.54) is 24.3 Å². The second kappa shape index (κ2) is 5.66. The van der Waals surface area contributed by atoms with E-state index in [4.69, 9.17) is 16.7 Å². The maximum atomic E-state index is 12.7. The molecule has 0 atom stereocenters. The Kier molecular flexibility index (Phi) is 3.95. The van der Waals surface area contributed by atoms with Crippen LogP contribution < -0.4 is 5.32 Å². The number of carboxylic acid groups (broad SMARTS) is 1. The van der Waals surface area contributed by atoms with Gasteiger partial charge in [0.2, 0.25) is 5.95 Å². The van der Waals surface area contributed by atoms with Gasteiger partial charge in [-0.15, -0.1) is 0 Å². The Hall–Kier alpha value is -2.47. The molecule has 0 radical (unpaired) electrons. The van der Waals surface area contributed by atoms with Crippen LogP contribution in [-0.4, -0.2) is 22.0 Å².